The normalized spacial score (nSPS) is 19.7. The van der Waals surface area contributed by atoms with Crippen molar-refractivity contribution in [3.63, 3.8) is 0 Å². The quantitative estimate of drug-likeness (QED) is 0.360. The molecule has 0 bridgehead atoms. The van der Waals surface area contributed by atoms with Gasteiger partial charge in [0.15, 0.2) is 0 Å². The largest absolute Gasteiger partial charge is 0.328 e. The number of imide groups is 1. The first-order valence-electron chi connectivity index (χ1n) is 4.04. The van der Waals surface area contributed by atoms with Gasteiger partial charge in [0.05, 0.1) is 0 Å². The van der Waals surface area contributed by atoms with Crippen molar-refractivity contribution in [1.29, 1.82) is 0 Å². The summed E-state index contributed by atoms with van der Waals surface area (Å²) in [7, 11) is 0. The summed E-state index contributed by atoms with van der Waals surface area (Å²) in [4.78, 5) is 31.1. The fourth-order valence-electron chi connectivity index (χ4n) is 0.795. The number of rotatable bonds is 4. The Hall–Kier alpha value is -0.980. The van der Waals surface area contributed by atoms with E-state index in [0.717, 1.165) is 0 Å². The van der Waals surface area contributed by atoms with Gasteiger partial charge in [-0.15, -0.1) is 10.1 Å². The van der Waals surface area contributed by atoms with Crippen LogP contribution in [0.15, 0.2) is 0 Å². The van der Waals surface area contributed by atoms with E-state index in [2.05, 4.69) is 9.88 Å². The molecule has 0 aliphatic carbocycles. The van der Waals surface area contributed by atoms with Gasteiger partial charge >= 0.3 is 0 Å². The number of hydroxylamine groups is 2. The van der Waals surface area contributed by atoms with Gasteiger partial charge < -0.3 is 5.73 Å². The highest BCUT2D eigenvalue weighted by atomic mass is 17.3. The monoisotopic (exact) mass is 188 g/mol. The lowest BCUT2D eigenvalue weighted by Gasteiger charge is -2.14. The Morgan fingerprint density at radius 3 is 2.46 bits per heavy atom. The van der Waals surface area contributed by atoms with E-state index < -0.39 is 0 Å². The molecule has 2 amide bonds. The molecule has 6 heteroatoms. The molecule has 0 aromatic heterocycles. The summed E-state index contributed by atoms with van der Waals surface area (Å²) in [5.74, 6) is -0.761. The van der Waals surface area contributed by atoms with E-state index >= 15 is 0 Å². The molecule has 1 saturated heterocycles. The number of carbonyl (C=O) groups excluding carboxylic acids is 2. The van der Waals surface area contributed by atoms with Crippen molar-refractivity contribution in [3.05, 3.63) is 0 Å². The Kier molecular flexibility index (Phi) is 3.35. The molecule has 0 aromatic carbocycles. The molecule has 1 fully saturated rings. The molecule has 6 nitrogen and oxygen atoms in total. The number of hydrogen-bond donors (Lipinski definition) is 1. The third-order valence-electron chi connectivity index (χ3n) is 1.62. The van der Waals surface area contributed by atoms with Gasteiger partial charge in [0, 0.05) is 19.4 Å². The molecule has 0 radical (unpaired) electrons. The highest BCUT2D eigenvalue weighted by Gasteiger charge is 2.31. The van der Waals surface area contributed by atoms with E-state index in [1.165, 1.54) is 0 Å². The molecule has 74 valence electrons. The van der Waals surface area contributed by atoms with E-state index in [-0.39, 0.29) is 37.3 Å². The molecule has 1 heterocycles. The van der Waals surface area contributed by atoms with Gasteiger partial charge in [-0.05, 0) is 6.92 Å². The van der Waals surface area contributed by atoms with Crippen LogP contribution in [0.1, 0.15) is 19.8 Å². The van der Waals surface area contributed by atoms with Gasteiger partial charge in [0.2, 0.25) is 0 Å². The second-order valence-electron chi connectivity index (χ2n) is 2.80. The van der Waals surface area contributed by atoms with Crippen molar-refractivity contribution < 1.29 is 19.5 Å². The highest BCUT2D eigenvalue weighted by Crippen LogP contribution is 2.12. The Labute approximate surface area is 75.5 Å². The predicted molar refractivity (Wildman–Crippen MR) is 41.8 cm³/mol. The maximum Gasteiger partial charge on any atom is 0.256 e. The Morgan fingerprint density at radius 2 is 2.00 bits per heavy atom. The summed E-state index contributed by atoms with van der Waals surface area (Å²) in [5.41, 5.74) is 5.23. The van der Waals surface area contributed by atoms with Gasteiger partial charge in [-0.2, -0.15) is 0 Å². The van der Waals surface area contributed by atoms with E-state index in [9.17, 15) is 9.59 Å². The van der Waals surface area contributed by atoms with E-state index in [1.54, 1.807) is 6.92 Å². The molecule has 13 heavy (non-hydrogen) atoms. The number of nitrogens with zero attached hydrogens (tertiary/aromatic N) is 1. The van der Waals surface area contributed by atoms with Crippen molar-refractivity contribution in [1.82, 2.24) is 5.06 Å². The van der Waals surface area contributed by atoms with E-state index in [1.807, 2.05) is 0 Å². The van der Waals surface area contributed by atoms with E-state index in [4.69, 9.17) is 5.73 Å². The van der Waals surface area contributed by atoms with Crippen LogP contribution < -0.4 is 5.73 Å². The fraction of sp³-hybridized carbons (Fsp3) is 0.714. The predicted octanol–water partition coefficient (Wildman–Crippen LogP) is -0.654. The highest BCUT2D eigenvalue weighted by molar-refractivity contribution is 6.00. The molecule has 0 saturated carbocycles. The van der Waals surface area contributed by atoms with Gasteiger partial charge in [-0.25, -0.2) is 4.89 Å². The first kappa shape index (κ1) is 10.1. The minimum atomic E-state index is -0.380. The summed E-state index contributed by atoms with van der Waals surface area (Å²) < 4.78 is 0. The minimum absolute atomic E-state index is 0.180. The molecule has 1 aliphatic heterocycles. The maximum atomic E-state index is 11.0. The van der Waals surface area contributed by atoms with Gasteiger partial charge in [0.1, 0.15) is 6.10 Å². The standard InChI is InChI=1S/C7H12N2O4/c1-5(4-8)12-13-9-6(10)2-3-7(9)11/h5H,2-4,8H2,1H3. The van der Waals surface area contributed by atoms with Gasteiger partial charge in [-0.1, -0.05) is 0 Å². The van der Waals surface area contributed by atoms with Crippen LogP contribution in [0.25, 0.3) is 0 Å². The van der Waals surface area contributed by atoms with Crippen molar-refractivity contribution in [3.8, 4) is 0 Å². The first-order chi connectivity index (χ1) is 6.15. The lowest BCUT2D eigenvalue weighted by molar-refractivity contribution is -0.409. The Morgan fingerprint density at radius 1 is 1.46 bits per heavy atom. The molecule has 2 N–H and O–H groups in total. The fourth-order valence-corrected chi connectivity index (χ4v) is 0.795. The molecule has 1 rings (SSSR count). The zero-order valence-corrected chi connectivity index (χ0v) is 7.36. The molecular formula is C7H12N2O4. The third kappa shape index (κ3) is 2.48. The molecule has 1 unspecified atom stereocenters. The van der Waals surface area contributed by atoms with Gasteiger partial charge in [0.25, 0.3) is 11.8 Å². The van der Waals surface area contributed by atoms with E-state index in [0.29, 0.717) is 5.06 Å². The molecule has 1 aliphatic rings. The van der Waals surface area contributed by atoms with Crippen LogP contribution in [0, 0.1) is 0 Å². The summed E-state index contributed by atoms with van der Waals surface area (Å²) in [6.07, 6.45) is 0.0134. The zero-order valence-electron chi connectivity index (χ0n) is 7.36. The van der Waals surface area contributed by atoms with Crippen molar-refractivity contribution in [2.24, 2.45) is 5.73 Å². The van der Waals surface area contributed by atoms with Crippen molar-refractivity contribution in [2.75, 3.05) is 6.54 Å². The van der Waals surface area contributed by atoms with Crippen LogP contribution in [0.5, 0.6) is 0 Å². The maximum absolute atomic E-state index is 11.0. The summed E-state index contributed by atoms with van der Waals surface area (Å²) in [6, 6.07) is 0. The minimum Gasteiger partial charge on any atom is -0.328 e. The Bertz CT molecular complexity index is 203. The summed E-state index contributed by atoms with van der Waals surface area (Å²) in [5, 5.41) is 0.631. The van der Waals surface area contributed by atoms with Crippen LogP contribution in [0.3, 0.4) is 0 Å². The van der Waals surface area contributed by atoms with Crippen LogP contribution >= 0.6 is 0 Å². The number of hydrogen-bond acceptors (Lipinski definition) is 5. The number of carbonyl (C=O) groups is 2. The second kappa shape index (κ2) is 4.31. The Balaban J connectivity index is 2.35. The lowest BCUT2D eigenvalue weighted by Crippen LogP contribution is -2.32. The van der Waals surface area contributed by atoms with Crippen molar-refractivity contribution in [2.45, 2.75) is 25.9 Å². The van der Waals surface area contributed by atoms with Crippen LogP contribution in [0.2, 0.25) is 0 Å². The summed E-state index contributed by atoms with van der Waals surface area (Å²) >= 11 is 0. The van der Waals surface area contributed by atoms with Crippen LogP contribution in [-0.2, 0) is 19.5 Å². The second-order valence-corrected chi connectivity index (χ2v) is 2.80. The molecular weight excluding hydrogens is 176 g/mol. The summed E-state index contributed by atoms with van der Waals surface area (Å²) in [6.45, 7) is 1.93. The number of amides is 2. The smallest absolute Gasteiger partial charge is 0.256 e. The molecule has 0 aromatic rings. The SMILES string of the molecule is CC(CN)OON1C(=O)CCC1=O. The van der Waals surface area contributed by atoms with Gasteiger partial charge in [-0.3, -0.25) is 9.59 Å². The zero-order chi connectivity index (χ0) is 9.84. The first-order valence-corrected chi connectivity index (χ1v) is 4.04. The van der Waals surface area contributed by atoms with Crippen LogP contribution in [-0.4, -0.2) is 29.5 Å². The van der Waals surface area contributed by atoms with Crippen molar-refractivity contribution >= 4 is 11.8 Å². The molecule has 1 atom stereocenters. The van der Waals surface area contributed by atoms with Crippen LogP contribution in [0.4, 0.5) is 0 Å². The number of nitrogens with two attached hydrogens (primary N) is 1. The molecule has 0 spiro atoms. The topological polar surface area (TPSA) is 81.9 Å². The lowest BCUT2D eigenvalue weighted by atomic mass is 10.4. The average Bonchev–Trinajstić information content (AvgIpc) is 2.43. The third-order valence-corrected chi connectivity index (χ3v) is 1.62. The average molecular weight is 188 g/mol.